The van der Waals surface area contributed by atoms with Crippen LogP contribution in [0, 0.1) is 17.8 Å². The molecule has 0 radical (unpaired) electrons. The number of piperidine rings is 1. The van der Waals surface area contributed by atoms with Gasteiger partial charge in [-0.05, 0) is 32.1 Å². The number of carbonyl (C=O) groups excluding carboxylic acids is 2. The highest BCUT2D eigenvalue weighted by Crippen LogP contribution is 2.37. The molecule has 5 nitrogen and oxygen atoms in total. The van der Waals surface area contributed by atoms with Gasteiger partial charge in [-0.2, -0.15) is 0 Å². The third-order valence-corrected chi connectivity index (χ3v) is 5.21. The second-order valence-corrected chi connectivity index (χ2v) is 7.43. The number of amides is 2. The highest BCUT2D eigenvalue weighted by molar-refractivity contribution is 5.82. The second-order valence-electron chi connectivity index (χ2n) is 7.43. The van der Waals surface area contributed by atoms with Crippen LogP contribution in [0.15, 0.2) is 0 Å². The molecular weight excluding hydrogens is 278 g/mol. The van der Waals surface area contributed by atoms with Gasteiger partial charge in [0.25, 0.3) is 0 Å². The summed E-state index contributed by atoms with van der Waals surface area (Å²) in [5.41, 5.74) is 0. The summed E-state index contributed by atoms with van der Waals surface area (Å²) >= 11 is 0. The number of hydrogen-bond donors (Lipinski definition) is 3. The highest BCUT2D eigenvalue weighted by atomic mass is 16.2. The summed E-state index contributed by atoms with van der Waals surface area (Å²) in [7, 11) is 0. The Morgan fingerprint density at radius 1 is 1.27 bits per heavy atom. The fraction of sp³-hybridized carbons (Fsp3) is 0.882. The summed E-state index contributed by atoms with van der Waals surface area (Å²) < 4.78 is 0. The smallest absolute Gasteiger partial charge is 0.223 e. The second kappa shape index (κ2) is 7.95. The maximum atomic E-state index is 11.9. The van der Waals surface area contributed by atoms with Crippen molar-refractivity contribution in [3.8, 4) is 0 Å². The Balaban J connectivity index is 1.56. The van der Waals surface area contributed by atoms with Gasteiger partial charge in [0.05, 0.1) is 19.6 Å². The lowest BCUT2D eigenvalue weighted by Crippen LogP contribution is -3.17. The van der Waals surface area contributed by atoms with E-state index in [9.17, 15) is 9.59 Å². The van der Waals surface area contributed by atoms with E-state index in [1.54, 1.807) is 4.90 Å². The summed E-state index contributed by atoms with van der Waals surface area (Å²) in [4.78, 5) is 25.1. The first-order valence-electron chi connectivity index (χ1n) is 8.86. The van der Waals surface area contributed by atoms with Crippen LogP contribution in [0.2, 0.25) is 0 Å². The summed E-state index contributed by atoms with van der Waals surface area (Å²) in [5.74, 6) is 1.65. The fourth-order valence-corrected chi connectivity index (χ4v) is 3.39. The molecule has 5 unspecified atom stereocenters. The van der Waals surface area contributed by atoms with E-state index in [-0.39, 0.29) is 17.7 Å². The predicted molar refractivity (Wildman–Crippen MR) is 86.5 cm³/mol. The predicted octanol–water partition coefficient (Wildman–Crippen LogP) is -0.0318. The van der Waals surface area contributed by atoms with Crippen LogP contribution in [-0.4, -0.2) is 44.0 Å². The topological polar surface area (TPSA) is 62.6 Å². The first-order chi connectivity index (χ1) is 10.5. The van der Waals surface area contributed by atoms with E-state index in [1.165, 1.54) is 25.9 Å². The molecule has 5 atom stereocenters. The number of rotatable bonds is 7. The zero-order chi connectivity index (χ0) is 16.1. The van der Waals surface area contributed by atoms with Gasteiger partial charge >= 0.3 is 0 Å². The van der Waals surface area contributed by atoms with Gasteiger partial charge in [-0.25, -0.2) is 0 Å². The molecule has 2 aliphatic rings. The molecule has 1 aliphatic heterocycles. The number of nitrogens with one attached hydrogen (secondary N) is 3. The molecule has 2 amide bonds. The molecule has 0 aromatic heterocycles. The maximum Gasteiger partial charge on any atom is 0.223 e. The fourth-order valence-electron chi connectivity index (χ4n) is 3.39. The lowest BCUT2D eigenvalue weighted by molar-refractivity contribution is -0.930. The van der Waals surface area contributed by atoms with Crippen LogP contribution in [0.1, 0.15) is 46.5 Å². The largest absolute Gasteiger partial charge is 0.355 e. The van der Waals surface area contributed by atoms with Crippen molar-refractivity contribution in [2.75, 3.05) is 26.2 Å². The molecule has 22 heavy (non-hydrogen) atoms. The van der Waals surface area contributed by atoms with Crippen molar-refractivity contribution < 1.29 is 14.5 Å². The zero-order valence-corrected chi connectivity index (χ0v) is 14.3. The normalized spacial score (nSPS) is 32.1. The molecule has 1 heterocycles. The highest BCUT2D eigenvalue weighted by Gasteiger charge is 2.38. The lowest BCUT2D eigenvalue weighted by atomic mass is 9.99. The summed E-state index contributed by atoms with van der Waals surface area (Å²) in [5, 5.41) is 5.87. The Morgan fingerprint density at radius 2 is 2.00 bits per heavy atom. The Labute approximate surface area is 134 Å². The van der Waals surface area contributed by atoms with Crippen LogP contribution in [0.4, 0.5) is 0 Å². The van der Waals surface area contributed by atoms with Crippen molar-refractivity contribution in [3.05, 3.63) is 0 Å². The minimum Gasteiger partial charge on any atom is -0.355 e. The van der Waals surface area contributed by atoms with Crippen LogP contribution in [0.3, 0.4) is 0 Å². The third kappa shape index (κ3) is 5.27. The SMILES string of the molecule is CC1CCC[NH+](C(C)CNC(=O)CCNC(=O)C2CC2C)C1. The van der Waals surface area contributed by atoms with Crippen molar-refractivity contribution in [2.24, 2.45) is 17.8 Å². The van der Waals surface area contributed by atoms with E-state index in [0.29, 0.717) is 24.9 Å². The van der Waals surface area contributed by atoms with Gasteiger partial charge in [0.15, 0.2) is 0 Å². The van der Waals surface area contributed by atoms with Gasteiger partial charge in [-0.1, -0.05) is 13.8 Å². The van der Waals surface area contributed by atoms with Crippen LogP contribution >= 0.6 is 0 Å². The molecule has 0 spiro atoms. The van der Waals surface area contributed by atoms with Crippen molar-refractivity contribution >= 4 is 11.8 Å². The Kier molecular flexibility index (Phi) is 6.24. The molecule has 3 N–H and O–H groups in total. The van der Waals surface area contributed by atoms with Gasteiger partial charge in [0.1, 0.15) is 6.04 Å². The first kappa shape index (κ1) is 17.3. The molecule has 5 heteroatoms. The van der Waals surface area contributed by atoms with E-state index in [4.69, 9.17) is 0 Å². The van der Waals surface area contributed by atoms with Crippen molar-refractivity contribution in [3.63, 3.8) is 0 Å². The number of hydrogen-bond acceptors (Lipinski definition) is 2. The van der Waals surface area contributed by atoms with E-state index in [1.807, 2.05) is 0 Å². The van der Waals surface area contributed by atoms with Crippen molar-refractivity contribution in [1.29, 1.82) is 0 Å². The molecule has 1 saturated heterocycles. The Bertz CT molecular complexity index is 399. The van der Waals surface area contributed by atoms with Crippen LogP contribution in [-0.2, 0) is 9.59 Å². The standard InChI is InChI=1S/C17H31N3O2/c1-12-5-4-8-20(11-12)14(3)10-19-16(21)6-7-18-17(22)15-9-13(15)2/h12-15H,4-11H2,1-3H3,(H,18,22)(H,19,21)/p+1. The number of quaternary nitrogens is 1. The van der Waals surface area contributed by atoms with Gasteiger partial charge in [0.2, 0.25) is 11.8 Å². The summed E-state index contributed by atoms with van der Waals surface area (Å²) in [6.07, 6.45) is 4.00. The third-order valence-electron chi connectivity index (χ3n) is 5.21. The molecule has 0 aromatic carbocycles. The van der Waals surface area contributed by atoms with Gasteiger partial charge < -0.3 is 15.5 Å². The molecule has 126 valence electrons. The Morgan fingerprint density at radius 3 is 2.64 bits per heavy atom. The van der Waals surface area contributed by atoms with Crippen LogP contribution < -0.4 is 15.5 Å². The van der Waals surface area contributed by atoms with Gasteiger partial charge in [-0.15, -0.1) is 0 Å². The molecule has 2 rings (SSSR count). The minimum atomic E-state index is 0.0421. The van der Waals surface area contributed by atoms with Crippen LogP contribution in [0.5, 0.6) is 0 Å². The number of carbonyl (C=O) groups is 2. The molecule has 0 bridgehead atoms. The molecule has 2 fully saturated rings. The van der Waals surface area contributed by atoms with E-state index < -0.39 is 0 Å². The first-order valence-corrected chi connectivity index (χ1v) is 8.86. The maximum absolute atomic E-state index is 11.9. The van der Waals surface area contributed by atoms with Crippen molar-refractivity contribution in [1.82, 2.24) is 10.6 Å². The lowest BCUT2D eigenvalue weighted by Gasteiger charge is -2.32. The summed E-state index contributed by atoms with van der Waals surface area (Å²) in [6, 6.07) is 0.466. The summed E-state index contributed by atoms with van der Waals surface area (Å²) in [6.45, 7) is 10.2. The van der Waals surface area contributed by atoms with Crippen molar-refractivity contribution in [2.45, 2.75) is 52.5 Å². The average molecular weight is 310 g/mol. The Hall–Kier alpha value is -1.10. The quantitative estimate of drug-likeness (QED) is 0.618. The van der Waals surface area contributed by atoms with Gasteiger partial charge in [0, 0.05) is 24.8 Å². The average Bonchev–Trinajstić information content (AvgIpc) is 3.21. The number of likely N-dealkylation sites (tertiary alicyclic amines) is 1. The molecule has 1 aliphatic carbocycles. The van der Waals surface area contributed by atoms with E-state index >= 15 is 0 Å². The minimum absolute atomic E-state index is 0.0421. The monoisotopic (exact) mass is 310 g/mol. The van der Waals surface area contributed by atoms with Crippen LogP contribution in [0.25, 0.3) is 0 Å². The van der Waals surface area contributed by atoms with E-state index in [0.717, 1.165) is 18.9 Å². The van der Waals surface area contributed by atoms with Gasteiger partial charge in [-0.3, -0.25) is 9.59 Å². The zero-order valence-electron chi connectivity index (χ0n) is 14.3. The van der Waals surface area contributed by atoms with E-state index in [2.05, 4.69) is 31.4 Å². The molecular formula is C17H32N3O2+. The molecule has 0 aromatic rings. The molecule has 1 saturated carbocycles.